The highest BCUT2D eigenvalue weighted by Crippen LogP contribution is 2.51. The van der Waals surface area contributed by atoms with Crippen LogP contribution in [0.5, 0.6) is 0 Å². The van der Waals surface area contributed by atoms with Gasteiger partial charge in [-0.05, 0) is 30.4 Å². The lowest BCUT2D eigenvalue weighted by atomic mass is 9.66. The van der Waals surface area contributed by atoms with Gasteiger partial charge < -0.3 is 19.6 Å². The predicted molar refractivity (Wildman–Crippen MR) is 148 cm³/mol. The maximum Gasteiger partial charge on any atom is 0.320 e. The van der Waals surface area contributed by atoms with E-state index >= 15 is 0 Å². The van der Waals surface area contributed by atoms with E-state index < -0.39 is 11.0 Å². The van der Waals surface area contributed by atoms with Crippen LogP contribution in [0.4, 0.5) is 4.79 Å². The summed E-state index contributed by atoms with van der Waals surface area (Å²) < 4.78 is 7.15. The van der Waals surface area contributed by atoms with Gasteiger partial charge in [0.25, 0.3) is 5.56 Å². The molecular weight excluding hydrogens is 492 g/mol. The van der Waals surface area contributed by atoms with Gasteiger partial charge in [-0.15, -0.1) is 0 Å². The normalized spacial score (nSPS) is 24.7. The van der Waals surface area contributed by atoms with Gasteiger partial charge in [-0.2, -0.15) is 5.10 Å². The van der Waals surface area contributed by atoms with Gasteiger partial charge in [0.2, 0.25) is 0 Å². The van der Waals surface area contributed by atoms with Crippen LogP contribution >= 0.6 is 0 Å². The van der Waals surface area contributed by atoms with Crippen LogP contribution in [-0.2, 0) is 11.3 Å². The summed E-state index contributed by atoms with van der Waals surface area (Å²) in [4.78, 5) is 30.9. The molecule has 2 amide bonds. The first kappa shape index (κ1) is 25.8. The fraction of sp³-hybridized carbons (Fsp3) is 0.452. The topological polar surface area (TPSA) is 87.9 Å². The second-order valence-corrected chi connectivity index (χ2v) is 11.3. The van der Waals surface area contributed by atoms with Gasteiger partial charge in [0.1, 0.15) is 0 Å². The van der Waals surface area contributed by atoms with Crippen molar-refractivity contribution in [3.05, 3.63) is 88.8 Å². The summed E-state index contributed by atoms with van der Waals surface area (Å²) in [5.74, 6) is 0. The van der Waals surface area contributed by atoms with Crippen molar-refractivity contribution in [2.75, 3.05) is 32.8 Å². The second kappa shape index (κ2) is 10.6. The smallest absolute Gasteiger partial charge is 0.320 e. The lowest BCUT2D eigenvalue weighted by molar-refractivity contribution is -0.139. The van der Waals surface area contributed by atoms with Crippen LogP contribution in [0.1, 0.15) is 43.7 Å². The minimum Gasteiger partial charge on any atom is -0.387 e. The zero-order valence-corrected chi connectivity index (χ0v) is 22.2. The van der Waals surface area contributed by atoms with Crippen molar-refractivity contribution >= 4 is 6.03 Å². The minimum absolute atomic E-state index is 0.00276. The molecule has 8 heteroatoms. The number of rotatable bonds is 4. The van der Waals surface area contributed by atoms with Crippen LogP contribution in [-0.4, -0.2) is 69.2 Å². The lowest BCUT2D eigenvalue weighted by Gasteiger charge is -2.53. The molecule has 3 aliphatic rings. The van der Waals surface area contributed by atoms with Crippen molar-refractivity contribution in [2.45, 2.75) is 50.3 Å². The quantitative estimate of drug-likeness (QED) is 0.551. The molecule has 6 rings (SSSR count). The SMILES string of the molecule is O=C(N1CCC(O)(Cn2ncc(-c3ccccc3)cc2=O)C2(CCCC2)C1)N1CCOCC1c1ccccc1. The van der Waals surface area contributed by atoms with Gasteiger partial charge in [0.05, 0.1) is 37.6 Å². The monoisotopic (exact) mass is 528 g/mol. The molecular formula is C31H36N4O4. The molecule has 204 valence electrons. The van der Waals surface area contributed by atoms with Crippen molar-refractivity contribution in [3.63, 3.8) is 0 Å². The first-order chi connectivity index (χ1) is 19.0. The van der Waals surface area contributed by atoms with Crippen LogP contribution in [0, 0.1) is 5.41 Å². The number of morpholine rings is 1. The largest absolute Gasteiger partial charge is 0.387 e. The molecule has 0 radical (unpaired) electrons. The average molecular weight is 529 g/mol. The highest BCUT2D eigenvalue weighted by Gasteiger charge is 2.56. The van der Waals surface area contributed by atoms with Crippen molar-refractivity contribution in [1.82, 2.24) is 19.6 Å². The number of ether oxygens (including phenoxy) is 1. The summed E-state index contributed by atoms with van der Waals surface area (Å²) in [7, 11) is 0. The third-order valence-corrected chi connectivity index (χ3v) is 9.05. The van der Waals surface area contributed by atoms with Gasteiger partial charge in [0, 0.05) is 36.7 Å². The maximum atomic E-state index is 13.9. The molecule has 2 aliphatic heterocycles. The average Bonchev–Trinajstić information content (AvgIpc) is 3.46. The number of hydrogen-bond donors (Lipinski definition) is 1. The number of urea groups is 1. The minimum atomic E-state index is -1.12. The summed E-state index contributed by atoms with van der Waals surface area (Å²) in [6, 6.07) is 21.2. The summed E-state index contributed by atoms with van der Waals surface area (Å²) in [6.45, 7) is 2.59. The van der Waals surface area contributed by atoms with E-state index in [-0.39, 0.29) is 24.2 Å². The zero-order chi connectivity index (χ0) is 26.9. The molecule has 2 unspecified atom stereocenters. The second-order valence-electron chi connectivity index (χ2n) is 11.3. The van der Waals surface area contributed by atoms with Gasteiger partial charge in [0.15, 0.2) is 0 Å². The van der Waals surface area contributed by atoms with Crippen LogP contribution in [0.15, 0.2) is 77.7 Å². The number of likely N-dealkylation sites (tertiary alicyclic amines) is 1. The van der Waals surface area contributed by atoms with Crippen molar-refractivity contribution in [1.29, 1.82) is 0 Å². The molecule has 1 aromatic heterocycles. The van der Waals surface area contributed by atoms with E-state index in [9.17, 15) is 14.7 Å². The Bertz CT molecular complexity index is 1360. The Kier molecular flexibility index (Phi) is 6.99. The number of benzene rings is 2. The Morgan fingerprint density at radius 1 is 0.974 bits per heavy atom. The third kappa shape index (κ3) is 4.87. The van der Waals surface area contributed by atoms with E-state index in [1.165, 1.54) is 4.68 Å². The Morgan fingerprint density at radius 3 is 2.41 bits per heavy atom. The number of carbonyl (C=O) groups excluding carboxylic acids is 1. The summed E-state index contributed by atoms with van der Waals surface area (Å²) in [5.41, 5.74) is 0.959. The number of aliphatic hydroxyl groups is 1. The Hall–Kier alpha value is -3.49. The molecule has 2 aromatic carbocycles. The molecule has 2 saturated heterocycles. The van der Waals surface area contributed by atoms with E-state index in [0.717, 1.165) is 42.4 Å². The first-order valence-corrected chi connectivity index (χ1v) is 14.0. The highest BCUT2D eigenvalue weighted by atomic mass is 16.5. The summed E-state index contributed by atoms with van der Waals surface area (Å²) >= 11 is 0. The van der Waals surface area contributed by atoms with E-state index in [0.29, 0.717) is 39.3 Å². The van der Waals surface area contributed by atoms with E-state index in [4.69, 9.17) is 4.74 Å². The highest BCUT2D eigenvalue weighted by molar-refractivity contribution is 5.75. The Labute approximate surface area is 228 Å². The number of piperidine rings is 1. The van der Waals surface area contributed by atoms with Crippen molar-refractivity contribution < 1.29 is 14.6 Å². The molecule has 1 aliphatic carbocycles. The maximum absolute atomic E-state index is 13.9. The number of carbonyl (C=O) groups is 1. The van der Waals surface area contributed by atoms with E-state index in [1.54, 1.807) is 12.3 Å². The molecule has 3 fully saturated rings. The first-order valence-electron chi connectivity index (χ1n) is 14.0. The third-order valence-electron chi connectivity index (χ3n) is 9.05. The number of amides is 2. The molecule has 3 heterocycles. The molecule has 0 bridgehead atoms. The summed E-state index contributed by atoms with van der Waals surface area (Å²) in [6.07, 6.45) is 5.77. The molecule has 1 saturated carbocycles. The van der Waals surface area contributed by atoms with Gasteiger partial charge in [-0.25, -0.2) is 9.48 Å². The standard InChI is InChI=1S/C31H36N4O4/c36-28-19-26(24-9-3-1-4-10-24)20-32-35(28)23-31(38)15-16-33(22-30(31)13-7-8-14-30)29(37)34-17-18-39-21-27(34)25-11-5-2-6-12-25/h1-6,9-12,19-20,27,38H,7-8,13-18,21-23H2. The van der Waals surface area contributed by atoms with E-state index in [2.05, 4.69) is 5.10 Å². The molecule has 3 aromatic rings. The number of hydrogen-bond acceptors (Lipinski definition) is 5. The van der Waals surface area contributed by atoms with Crippen LogP contribution < -0.4 is 5.56 Å². The Morgan fingerprint density at radius 2 is 1.69 bits per heavy atom. The van der Waals surface area contributed by atoms with Crippen molar-refractivity contribution in [2.24, 2.45) is 5.41 Å². The predicted octanol–water partition coefficient (Wildman–Crippen LogP) is 4.10. The zero-order valence-electron chi connectivity index (χ0n) is 22.2. The molecule has 1 N–H and O–H groups in total. The van der Waals surface area contributed by atoms with Crippen LogP contribution in [0.25, 0.3) is 11.1 Å². The van der Waals surface area contributed by atoms with Crippen LogP contribution in [0.2, 0.25) is 0 Å². The van der Waals surface area contributed by atoms with Crippen LogP contribution in [0.3, 0.4) is 0 Å². The van der Waals surface area contributed by atoms with Gasteiger partial charge >= 0.3 is 6.03 Å². The van der Waals surface area contributed by atoms with Gasteiger partial charge in [-0.1, -0.05) is 73.5 Å². The molecule has 8 nitrogen and oxygen atoms in total. The van der Waals surface area contributed by atoms with Gasteiger partial charge in [-0.3, -0.25) is 4.79 Å². The van der Waals surface area contributed by atoms with Crippen molar-refractivity contribution in [3.8, 4) is 11.1 Å². The summed E-state index contributed by atoms with van der Waals surface area (Å²) in [5, 5.41) is 16.6. The molecule has 39 heavy (non-hydrogen) atoms. The lowest BCUT2D eigenvalue weighted by Crippen LogP contribution is -2.64. The molecule has 2 atom stereocenters. The van der Waals surface area contributed by atoms with E-state index in [1.807, 2.05) is 70.5 Å². The molecule has 1 spiro atoms. The number of aromatic nitrogens is 2. The fourth-order valence-corrected chi connectivity index (χ4v) is 6.82. The fourth-order valence-electron chi connectivity index (χ4n) is 6.82. The Balaban J connectivity index is 1.23. The number of nitrogens with zero attached hydrogens (tertiary/aromatic N) is 4.